The van der Waals surface area contributed by atoms with Gasteiger partial charge in [0, 0.05) is 16.7 Å². The molecule has 0 unspecified atom stereocenters. The van der Waals surface area contributed by atoms with E-state index in [1.54, 1.807) is 78.8 Å². The zero-order chi connectivity index (χ0) is 28.8. The number of methoxy groups -OCH3 is 1. The molecule has 0 saturated heterocycles. The van der Waals surface area contributed by atoms with E-state index < -0.39 is 10.8 Å². The quantitative estimate of drug-likeness (QED) is 0.153. The Hall–Kier alpha value is -3.61. The molecule has 2 rings (SSSR count). The molecule has 0 N–H and O–H groups in total. The maximum Gasteiger partial charge on any atom is 0.316 e. The summed E-state index contributed by atoms with van der Waals surface area (Å²) in [6, 6.07) is 6.39. The summed E-state index contributed by atoms with van der Waals surface area (Å²) in [5.74, 6) is 0.714. The fourth-order valence-electron chi connectivity index (χ4n) is 3.40. The van der Waals surface area contributed by atoms with Crippen molar-refractivity contribution in [2.24, 2.45) is 10.8 Å². The number of esters is 2. The Bertz CT molecular complexity index is 1210. The molecule has 7 heteroatoms. The van der Waals surface area contributed by atoms with E-state index in [4.69, 9.17) is 18.9 Å². The number of carbonyl (C=O) groups is 3. The zero-order valence-electron chi connectivity index (χ0n) is 24.2. The normalized spacial score (nSPS) is 11.8. The minimum atomic E-state index is -0.692. The molecule has 0 aliphatic heterocycles. The molecule has 0 spiro atoms. The van der Waals surface area contributed by atoms with E-state index in [2.05, 4.69) is 0 Å². The Labute approximate surface area is 226 Å². The molecule has 206 valence electrons. The van der Waals surface area contributed by atoms with Crippen LogP contribution in [0.5, 0.6) is 23.0 Å². The highest BCUT2D eigenvalue weighted by atomic mass is 16.5. The van der Waals surface area contributed by atoms with Crippen LogP contribution in [0.3, 0.4) is 0 Å². The van der Waals surface area contributed by atoms with E-state index in [0.717, 1.165) is 6.42 Å². The minimum absolute atomic E-state index is 0.249. The van der Waals surface area contributed by atoms with Gasteiger partial charge in [-0.05, 0) is 98.2 Å². The lowest BCUT2D eigenvalue weighted by Crippen LogP contribution is -2.26. The molecule has 0 saturated carbocycles. The molecule has 0 radical (unpaired) electrons. The third-order valence-corrected chi connectivity index (χ3v) is 5.68. The van der Waals surface area contributed by atoms with Crippen molar-refractivity contribution in [3.63, 3.8) is 0 Å². The second kappa shape index (κ2) is 12.3. The van der Waals surface area contributed by atoms with Crippen molar-refractivity contribution in [2.45, 2.75) is 68.7 Å². The molecule has 2 aromatic rings. The van der Waals surface area contributed by atoms with Crippen LogP contribution >= 0.6 is 0 Å². The second-order valence-corrected chi connectivity index (χ2v) is 11.2. The van der Waals surface area contributed by atoms with E-state index in [0.29, 0.717) is 51.9 Å². The average molecular weight is 525 g/mol. The van der Waals surface area contributed by atoms with Crippen molar-refractivity contribution >= 4 is 23.8 Å². The number of hydrogen-bond acceptors (Lipinski definition) is 7. The summed E-state index contributed by atoms with van der Waals surface area (Å²) in [4.78, 5) is 37.8. The number of allylic oxidation sites excluding steroid dienone is 1. The summed E-state index contributed by atoms with van der Waals surface area (Å²) >= 11 is 0. The van der Waals surface area contributed by atoms with Gasteiger partial charge in [-0.3, -0.25) is 14.4 Å². The second-order valence-electron chi connectivity index (χ2n) is 11.2. The minimum Gasteiger partial charge on any atom is -0.496 e. The molecule has 0 fully saturated rings. The highest BCUT2D eigenvalue weighted by Crippen LogP contribution is 2.44. The molecule has 0 aliphatic carbocycles. The molecule has 0 aliphatic rings. The number of hydrogen-bond donors (Lipinski definition) is 0. The van der Waals surface area contributed by atoms with Crippen LogP contribution in [0, 0.1) is 24.7 Å². The van der Waals surface area contributed by atoms with Gasteiger partial charge in [0.2, 0.25) is 0 Å². The topological polar surface area (TPSA) is 88.1 Å². The third-order valence-electron chi connectivity index (χ3n) is 5.68. The van der Waals surface area contributed by atoms with Crippen molar-refractivity contribution in [1.29, 1.82) is 0 Å². The third kappa shape index (κ3) is 7.46. The number of ketones is 1. The fraction of sp³-hybridized carbons (Fsp3) is 0.452. The molecule has 2 aromatic carbocycles. The molecular weight excluding hydrogens is 484 g/mol. The lowest BCUT2D eigenvalue weighted by atomic mass is 9.96. The first-order valence-electron chi connectivity index (χ1n) is 12.7. The summed E-state index contributed by atoms with van der Waals surface area (Å²) < 4.78 is 22.9. The standard InChI is InChI=1S/C31H40O7/c1-11-18-36-27-20(3)25(38-29(34)31(7,8)9)19(2)26(35-10)23(27)16-17-24(32)21-12-14-22(15-13-21)37-28(33)30(4,5)6/h12-17H,11,18H2,1-10H3. The maximum atomic E-state index is 13.0. The van der Waals surface area contributed by atoms with E-state index in [9.17, 15) is 14.4 Å². The van der Waals surface area contributed by atoms with Crippen molar-refractivity contribution in [3.8, 4) is 23.0 Å². The lowest BCUT2D eigenvalue weighted by molar-refractivity contribution is -0.143. The summed E-state index contributed by atoms with van der Waals surface area (Å²) in [6.07, 6.45) is 3.85. The molecule has 0 heterocycles. The molecular formula is C31H40O7. The Morgan fingerprint density at radius 1 is 0.789 bits per heavy atom. The molecule has 7 nitrogen and oxygen atoms in total. The van der Waals surface area contributed by atoms with Crippen LogP contribution in [-0.4, -0.2) is 31.4 Å². The van der Waals surface area contributed by atoms with Crippen molar-refractivity contribution < 1.29 is 33.3 Å². The maximum absolute atomic E-state index is 13.0. The summed E-state index contributed by atoms with van der Waals surface area (Å²) in [6.45, 7) is 16.7. The zero-order valence-corrected chi connectivity index (χ0v) is 24.2. The predicted molar refractivity (Wildman–Crippen MR) is 148 cm³/mol. The van der Waals surface area contributed by atoms with Gasteiger partial charge < -0.3 is 18.9 Å². The Morgan fingerprint density at radius 3 is 1.82 bits per heavy atom. The number of ether oxygens (including phenoxy) is 4. The van der Waals surface area contributed by atoms with Crippen LogP contribution in [-0.2, 0) is 9.59 Å². The molecule has 0 atom stereocenters. The molecule has 0 bridgehead atoms. The fourth-order valence-corrected chi connectivity index (χ4v) is 3.40. The van der Waals surface area contributed by atoms with Crippen LogP contribution in [0.4, 0.5) is 0 Å². The van der Waals surface area contributed by atoms with Crippen molar-refractivity contribution in [2.75, 3.05) is 13.7 Å². The molecule has 0 amide bonds. The highest BCUT2D eigenvalue weighted by Gasteiger charge is 2.28. The Balaban J connectivity index is 2.45. The van der Waals surface area contributed by atoms with Gasteiger partial charge in [-0.1, -0.05) is 6.92 Å². The monoisotopic (exact) mass is 524 g/mol. The van der Waals surface area contributed by atoms with Crippen LogP contribution in [0.25, 0.3) is 6.08 Å². The van der Waals surface area contributed by atoms with Crippen LogP contribution < -0.4 is 18.9 Å². The molecule has 0 aromatic heterocycles. The SMILES string of the molecule is CCCOc1c(C)c(OC(=O)C(C)(C)C)c(C)c(OC)c1C=CC(=O)c1ccc(OC(=O)C(C)(C)C)cc1. The van der Waals surface area contributed by atoms with E-state index in [1.165, 1.54) is 13.2 Å². The number of carbonyl (C=O) groups excluding carboxylic acids is 3. The van der Waals surface area contributed by atoms with Gasteiger partial charge in [0.1, 0.15) is 23.0 Å². The number of benzene rings is 2. The first kappa shape index (κ1) is 30.6. The van der Waals surface area contributed by atoms with Gasteiger partial charge in [-0.25, -0.2) is 0 Å². The van der Waals surface area contributed by atoms with Gasteiger partial charge in [-0.2, -0.15) is 0 Å². The first-order chi connectivity index (χ1) is 17.6. The van der Waals surface area contributed by atoms with Gasteiger partial charge >= 0.3 is 11.9 Å². The van der Waals surface area contributed by atoms with Gasteiger partial charge in [-0.15, -0.1) is 0 Å². The van der Waals surface area contributed by atoms with Gasteiger partial charge in [0.15, 0.2) is 5.78 Å². The van der Waals surface area contributed by atoms with E-state index in [-0.39, 0.29) is 17.7 Å². The Morgan fingerprint density at radius 2 is 1.32 bits per heavy atom. The van der Waals surface area contributed by atoms with Gasteiger partial charge in [0.05, 0.1) is 30.1 Å². The lowest BCUT2D eigenvalue weighted by Gasteiger charge is -2.23. The van der Waals surface area contributed by atoms with Crippen LogP contribution in [0.1, 0.15) is 81.9 Å². The van der Waals surface area contributed by atoms with Crippen molar-refractivity contribution in [1.82, 2.24) is 0 Å². The first-order valence-corrected chi connectivity index (χ1v) is 12.7. The Kier molecular flexibility index (Phi) is 9.90. The van der Waals surface area contributed by atoms with Gasteiger partial charge in [0.25, 0.3) is 0 Å². The van der Waals surface area contributed by atoms with Crippen LogP contribution in [0.2, 0.25) is 0 Å². The van der Waals surface area contributed by atoms with Crippen molar-refractivity contribution in [3.05, 3.63) is 52.6 Å². The van der Waals surface area contributed by atoms with E-state index in [1.807, 2.05) is 13.8 Å². The average Bonchev–Trinajstić information content (AvgIpc) is 2.83. The molecule has 38 heavy (non-hydrogen) atoms. The largest absolute Gasteiger partial charge is 0.496 e. The number of rotatable bonds is 9. The summed E-state index contributed by atoms with van der Waals surface area (Å²) in [7, 11) is 1.52. The summed E-state index contributed by atoms with van der Waals surface area (Å²) in [5, 5.41) is 0. The predicted octanol–water partition coefficient (Wildman–Crippen LogP) is 6.90. The summed E-state index contributed by atoms with van der Waals surface area (Å²) in [5.41, 5.74) is 0.953. The highest BCUT2D eigenvalue weighted by molar-refractivity contribution is 6.07. The smallest absolute Gasteiger partial charge is 0.316 e. The van der Waals surface area contributed by atoms with E-state index >= 15 is 0 Å². The van der Waals surface area contributed by atoms with Crippen LogP contribution in [0.15, 0.2) is 30.3 Å².